The van der Waals surface area contributed by atoms with E-state index in [1.54, 1.807) is 7.11 Å². The molecular weight excluding hydrogens is 264 g/mol. The molecule has 3 aliphatic rings. The van der Waals surface area contributed by atoms with Crippen LogP contribution in [0.15, 0.2) is 18.2 Å². The van der Waals surface area contributed by atoms with Gasteiger partial charge in [0.2, 0.25) is 0 Å². The Balaban J connectivity index is 1.62. The van der Waals surface area contributed by atoms with Crippen molar-refractivity contribution in [2.75, 3.05) is 20.2 Å². The Hall–Kier alpha value is -1.26. The summed E-state index contributed by atoms with van der Waals surface area (Å²) in [5.41, 5.74) is 7.51. The molecule has 2 unspecified atom stereocenters. The average Bonchev–Trinajstić information content (AvgIpc) is 2.94. The molecule has 3 heterocycles. The maximum atomic E-state index is 6.48. The molecule has 0 radical (unpaired) electrons. The second-order valence-electron chi connectivity index (χ2n) is 6.79. The summed E-state index contributed by atoms with van der Waals surface area (Å²) < 4.78 is 11.8. The molecular formula is C17H24N2O2. The van der Waals surface area contributed by atoms with Gasteiger partial charge in [-0.15, -0.1) is 0 Å². The van der Waals surface area contributed by atoms with Gasteiger partial charge in [-0.3, -0.25) is 0 Å². The number of ether oxygens (including phenoxy) is 2. The van der Waals surface area contributed by atoms with Crippen LogP contribution in [0.1, 0.15) is 43.7 Å². The van der Waals surface area contributed by atoms with Gasteiger partial charge in [-0.05, 0) is 44.0 Å². The molecule has 4 heteroatoms. The number of hydrogen-bond acceptors (Lipinski definition) is 4. The lowest BCUT2D eigenvalue weighted by Crippen LogP contribution is -2.53. The molecule has 3 aliphatic heterocycles. The fourth-order valence-corrected chi connectivity index (χ4v) is 4.40. The number of hydrogen-bond donors (Lipinski definition) is 1. The first kappa shape index (κ1) is 13.4. The van der Waals surface area contributed by atoms with Crippen molar-refractivity contribution in [3.63, 3.8) is 0 Å². The predicted octanol–water partition coefficient (Wildman–Crippen LogP) is 2.47. The van der Waals surface area contributed by atoms with Gasteiger partial charge in [0.15, 0.2) is 0 Å². The number of methoxy groups -OCH3 is 1. The second kappa shape index (κ2) is 4.89. The van der Waals surface area contributed by atoms with Gasteiger partial charge in [0, 0.05) is 37.0 Å². The maximum Gasteiger partial charge on any atom is 0.125 e. The topological polar surface area (TPSA) is 47.7 Å². The highest BCUT2D eigenvalue weighted by molar-refractivity contribution is 5.44. The first-order valence-corrected chi connectivity index (χ1v) is 8.06. The molecule has 0 aliphatic carbocycles. The SMILES string of the molecule is COc1ccc2c(c1)[C@@H](N)CC1(CCN3CCCC3C1)O2. The van der Waals surface area contributed by atoms with Crippen molar-refractivity contribution in [2.24, 2.45) is 5.73 Å². The first-order chi connectivity index (χ1) is 10.2. The smallest absolute Gasteiger partial charge is 0.125 e. The van der Waals surface area contributed by atoms with Crippen molar-refractivity contribution < 1.29 is 9.47 Å². The van der Waals surface area contributed by atoms with Crippen LogP contribution in [0.4, 0.5) is 0 Å². The van der Waals surface area contributed by atoms with E-state index in [1.165, 1.54) is 19.4 Å². The molecule has 2 N–H and O–H groups in total. The number of nitrogens with two attached hydrogens (primary N) is 1. The van der Waals surface area contributed by atoms with Gasteiger partial charge in [0.05, 0.1) is 7.11 Å². The Morgan fingerprint density at radius 1 is 1.33 bits per heavy atom. The molecule has 0 aromatic heterocycles. The summed E-state index contributed by atoms with van der Waals surface area (Å²) in [6.07, 6.45) is 5.81. The van der Waals surface area contributed by atoms with Gasteiger partial charge in [-0.25, -0.2) is 0 Å². The highest BCUT2D eigenvalue weighted by Gasteiger charge is 2.46. The molecule has 114 valence electrons. The molecule has 2 saturated heterocycles. The fourth-order valence-electron chi connectivity index (χ4n) is 4.40. The van der Waals surface area contributed by atoms with Crippen LogP contribution < -0.4 is 15.2 Å². The lowest BCUT2D eigenvalue weighted by Gasteiger charge is -2.48. The molecule has 21 heavy (non-hydrogen) atoms. The summed E-state index contributed by atoms with van der Waals surface area (Å²) in [6, 6.07) is 6.77. The van der Waals surface area contributed by atoms with Crippen LogP contribution >= 0.6 is 0 Å². The van der Waals surface area contributed by atoms with E-state index < -0.39 is 0 Å². The number of benzene rings is 1. The van der Waals surface area contributed by atoms with Gasteiger partial charge in [0.25, 0.3) is 0 Å². The largest absolute Gasteiger partial charge is 0.497 e. The zero-order valence-electron chi connectivity index (χ0n) is 12.7. The van der Waals surface area contributed by atoms with Gasteiger partial charge in [-0.2, -0.15) is 0 Å². The number of fused-ring (bicyclic) bond motifs is 2. The van der Waals surface area contributed by atoms with Gasteiger partial charge < -0.3 is 20.1 Å². The third-order valence-electron chi connectivity index (χ3n) is 5.50. The molecule has 0 amide bonds. The maximum absolute atomic E-state index is 6.48. The highest BCUT2D eigenvalue weighted by atomic mass is 16.5. The predicted molar refractivity (Wildman–Crippen MR) is 81.7 cm³/mol. The molecule has 3 atom stereocenters. The van der Waals surface area contributed by atoms with Crippen LogP contribution in [0.2, 0.25) is 0 Å². The zero-order chi connectivity index (χ0) is 14.4. The van der Waals surface area contributed by atoms with E-state index in [1.807, 2.05) is 18.2 Å². The van der Waals surface area contributed by atoms with Crippen LogP contribution in [-0.4, -0.2) is 36.7 Å². The zero-order valence-corrected chi connectivity index (χ0v) is 12.7. The Labute approximate surface area is 126 Å². The number of piperidine rings is 1. The first-order valence-electron chi connectivity index (χ1n) is 8.06. The van der Waals surface area contributed by atoms with Gasteiger partial charge in [0.1, 0.15) is 17.1 Å². The second-order valence-corrected chi connectivity index (χ2v) is 6.79. The minimum Gasteiger partial charge on any atom is -0.497 e. The Morgan fingerprint density at radius 3 is 3.10 bits per heavy atom. The molecule has 0 bridgehead atoms. The number of rotatable bonds is 1. The van der Waals surface area contributed by atoms with Crippen molar-refractivity contribution in [1.82, 2.24) is 4.90 Å². The quantitative estimate of drug-likeness (QED) is 0.862. The van der Waals surface area contributed by atoms with Gasteiger partial charge >= 0.3 is 0 Å². The van der Waals surface area contributed by atoms with Gasteiger partial charge in [-0.1, -0.05) is 0 Å². The van der Waals surface area contributed by atoms with E-state index >= 15 is 0 Å². The monoisotopic (exact) mass is 288 g/mol. The third-order valence-corrected chi connectivity index (χ3v) is 5.50. The lowest BCUT2D eigenvalue weighted by molar-refractivity contribution is -0.0358. The number of nitrogens with zero attached hydrogens (tertiary/aromatic N) is 1. The van der Waals surface area contributed by atoms with Crippen LogP contribution in [-0.2, 0) is 0 Å². The molecule has 4 nitrogen and oxygen atoms in total. The van der Waals surface area contributed by atoms with Crippen molar-refractivity contribution in [1.29, 1.82) is 0 Å². The molecule has 1 aromatic carbocycles. The summed E-state index contributed by atoms with van der Waals surface area (Å²) >= 11 is 0. The van der Waals surface area contributed by atoms with Crippen LogP contribution in [0.3, 0.4) is 0 Å². The Morgan fingerprint density at radius 2 is 2.24 bits per heavy atom. The van der Waals surface area contributed by atoms with Crippen molar-refractivity contribution in [3.05, 3.63) is 23.8 Å². The van der Waals surface area contributed by atoms with E-state index in [-0.39, 0.29) is 11.6 Å². The molecule has 2 fully saturated rings. The highest BCUT2D eigenvalue weighted by Crippen LogP contribution is 2.46. The van der Waals surface area contributed by atoms with Crippen LogP contribution in [0.25, 0.3) is 0 Å². The minimum absolute atomic E-state index is 0.0491. The van der Waals surface area contributed by atoms with Crippen molar-refractivity contribution in [2.45, 2.75) is 49.8 Å². The minimum atomic E-state index is -0.0491. The van der Waals surface area contributed by atoms with E-state index in [2.05, 4.69) is 4.90 Å². The Bertz CT molecular complexity index is 548. The summed E-state index contributed by atoms with van der Waals surface area (Å²) in [7, 11) is 1.69. The van der Waals surface area contributed by atoms with Crippen molar-refractivity contribution >= 4 is 0 Å². The molecule has 1 aromatic rings. The molecule has 4 rings (SSSR count). The summed E-state index contributed by atoms with van der Waals surface area (Å²) in [5, 5.41) is 0. The fraction of sp³-hybridized carbons (Fsp3) is 0.647. The van der Waals surface area contributed by atoms with E-state index in [9.17, 15) is 0 Å². The van der Waals surface area contributed by atoms with Crippen LogP contribution in [0.5, 0.6) is 11.5 Å². The van der Waals surface area contributed by atoms with E-state index in [4.69, 9.17) is 15.2 Å². The third kappa shape index (κ3) is 2.21. The summed E-state index contributed by atoms with van der Waals surface area (Å²) in [4.78, 5) is 2.63. The van der Waals surface area contributed by atoms with Crippen molar-refractivity contribution in [3.8, 4) is 11.5 Å². The summed E-state index contributed by atoms with van der Waals surface area (Å²) in [5.74, 6) is 1.82. The Kier molecular flexibility index (Phi) is 3.12. The standard InChI is InChI=1S/C17H24N2O2/c1-20-13-4-5-16-14(9-13)15(18)11-17(21-16)6-8-19-7-2-3-12(19)10-17/h4-5,9,12,15H,2-3,6-8,10-11,18H2,1H3/t12?,15-,17?/m0/s1. The lowest BCUT2D eigenvalue weighted by atomic mass is 9.78. The molecule has 1 spiro atoms. The van der Waals surface area contributed by atoms with Crippen LogP contribution in [0, 0.1) is 0 Å². The average molecular weight is 288 g/mol. The van der Waals surface area contributed by atoms with E-state index in [0.717, 1.165) is 42.9 Å². The summed E-state index contributed by atoms with van der Waals surface area (Å²) in [6.45, 7) is 2.42. The molecule has 0 saturated carbocycles. The van der Waals surface area contributed by atoms with E-state index in [0.29, 0.717) is 6.04 Å². The normalized spacial score (nSPS) is 35.1.